The summed E-state index contributed by atoms with van der Waals surface area (Å²) in [6.07, 6.45) is -0.551. The summed E-state index contributed by atoms with van der Waals surface area (Å²) in [5.41, 5.74) is 13.6. The molecule has 0 amide bonds. The third-order valence-electron chi connectivity index (χ3n) is 0.437. The minimum atomic E-state index is -0.551. The van der Waals surface area contributed by atoms with Gasteiger partial charge in [0.15, 0.2) is 0 Å². The molecule has 0 aromatic rings. The van der Waals surface area contributed by atoms with Crippen LogP contribution in [0, 0.1) is 0 Å². The first kappa shape index (κ1) is 7.39. The van der Waals surface area contributed by atoms with E-state index in [2.05, 4.69) is 10.5 Å². The molecule has 0 aliphatic heterocycles. The van der Waals surface area contributed by atoms with Crippen LogP contribution in [-0.4, -0.2) is 12.0 Å². The Morgan fingerprint density at radius 1 is 1.50 bits per heavy atom. The Morgan fingerprint density at radius 3 is 2.12 bits per heavy atom. The van der Waals surface area contributed by atoms with Crippen molar-refractivity contribution < 1.29 is 0 Å². The van der Waals surface area contributed by atoms with E-state index in [-0.39, 0.29) is 0 Å². The van der Waals surface area contributed by atoms with Gasteiger partial charge in [0.25, 0.3) is 0 Å². The molecule has 0 saturated carbocycles. The Bertz CT molecular complexity index is 82.0. The lowest BCUT2D eigenvalue weighted by Gasteiger charge is -2.02. The molecular formula is C4H12N4. The SMILES string of the molecule is CC(C)=NNC(N)N. The molecule has 0 heterocycles. The third-order valence-corrected chi connectivity index (χ3v) is 0.437. The van der Waals surface area contributed by atoms with Crippen molar-refractivity contribution in [2.75, 3.05) is 0 Å². The lowest BCUT2D eigenvalue weighted by molar-refractivity contribution is 0.570. The molecule has 0 fully saturated rings. The normalized spacial score (nSPS) is 9.12. The molecule has 4 heteroatoms. The molecule has 0 unspecified atom stereocenters. The summed E-state index contributed by atoms with van der Waals surface area (Å²) < 4.78 is 0. The van der Waals surface area contributed by atoms with Crippen LogP contribution in [0.15, 0.2) is 5.10 Å². The van der Waals surface area contributed by atoms with E-state index in [0.717, 1.165) is 5.71 Å². The van der Waals surface area contributed by atoms with Crippen LogP contribution in [0.2, 0.25) is 0 Å². The van der Waals surface area contributed by atoms with Crippen molar-refractivity contribution in [3.05, 3.63) is 0 Å². The summed E-state index contributed by atoms with van der Waals surface area (Å²) >= 11 is 0. The number of rotatable bonds is 2. The predicted octanol–water partition coefficient (Wildman–Crippen LogP) is -0.827. The van der Waals surface area contributed by atoms with Gasteiger partial charge in [-0.3, -0.25) is 16.9 Å². The molecule has 8 heavy (non-hydrogen) atoms. The largest absolute Gasteiger partial charge is 0.298 e. The molecule has 48 valence electrons. The second kappa shape index (κ2) is 3.40. The standard InChI is InChI=1S/C4H12N4/c1-3(2)7-8-4(5)6/h4,8H,5-6H2,1-2H3. The first-order chi connectivity index (χ1) is 3.63. The summed E-state index contributed by atoms with van der Waals surface area (Å²) in [6.45, 7) is 3.71. The molecule has 0 atom stereocenters. The lowest BCUT2D eigenvalue weighted by Crippen LogP contribution is -2.42. The molecule has 0 rings (SSSR count). The maximum absolute atomic E-state index is 5.10. The average Bonchev–Trinajstić information content (AvgIpc) is 1.61. The molecule has 0 aliphatic carbocycles. The van der Waals surface area contributed by atoms with Crippen LogP contribution in [0.3, 0.4) is 0 Å². The number of hydrogen-bond donors (Lipinski definition) is 3. The van der Waals surface area contributed by atoms with Gasteiger partial charge >= 0.3 is 0 Å². The van der Waals surface area contributed by atoms with Gasteiger partial charge in [0.05, 0.1) is 0 Å². The Labute approximate surface area is 48.9 Å². The van der Waals surface area contributed by atoms with E-state index < -0.39 is 6.29 Å². The zero-order chi connectivity index (χ0) is 6.57. The van der Waals surface area contributed by atoms with E-state index in [1.54, 1.807) is 0 Å². The minimum absolute atomic E-state index is 0.551. The predicted molar refractivity (Wildman–Crippen MR) is 34.1 cm³/mol. The first-order valence-electron chi connectivity index (χ1n) is 2.40. The smallest absolute Gasteiger partial charge is 0.142 e. The monoisotopic (exact) mass is 116 g/mol. The van der Waals surface area contributed by atoms with Crippen molar-refractivity contribution in [1.29, 1.82) is 0 Å². The van der Waals surface area contributed by atoms with Crippen molar-refractivity contribution in [3.63, 3.8) is 0 Å². The second-order valence-electron chi connectivity index (χ2n) is 1.71. The fourth-order valence-corrected chi connectivity index (χ4v) is 0.204. The van der Waals surface area contributed by atoms with Crippen LogP contribution in [0.25, 0.3) is 0 Å². The van der Waals surface area contributed by atoms with Crippen LogP contribution < -0.4 is 16.9 Å². The van der Waals surface area contributed by atoms with E-state index in [9.17, 15) is 0 Å². The number of hydrogen-bond acceptors (Lipinski definition) is 4. The molecular weight excluding hydrogens is 104 g/mol. The quantitative estimate of drug-likeness (QED) is 0.250. The third kappa shape index (κ3) is 5.39. The number of hydrazone groups is 1. The van der Waals surface area contributed by atoms with Crippen molar-refractivity contribution in [2.45, 2.75) is 20.1 Å². The van der Waals surface area contributed by atoms with E-state index in [1.165, 1.54) is 0 Å². The molecule has 5 N–H and O–H groups in total. The summed E-state index contributed by atoms with van der Waals surface area (Å²) in [5, 5.41) is 3.74. The van der Waals surface area contributed by atoms with Gasteiger partial charge in [-0.1, -0.05) is 0 Å². The number of nitrogens with one attached hydrogen (secondary N) is 1. The molecule has 0 radical (unpaired) electrons. The molecule has 0 aromatic heterocycles. The topological polar surface area (TPSA) is 76.4 Å². The Kier molecular flexibility index (Phi) is 3.14. The van der Waals surface area contributed by atoms with Gasteiger partial charge in [-0.05, 0) is 13.8 Å². The van der Waals surface area contributed by atoms with E-state index in [0.29, 0.717) is 0 Å². The van der Waals surface area contributed by atoms with Gasteiger partial charge in [-0.15, -0.1) is 0 Å². The van der Waals surface area contributed by atoms with E-state index in [4.69, 9.17) is 11.5 Å². The molecule has 0 aliphatic rings. The van der Waals surface area contributed by atoms with Crippen LogP contribution in [0.4, 0.5) is 0 Å². The summed E-state index contributed by atoms with van der Waals surface area (Å²) in [6, 6.07) is 0. The molecule has 0 spiro atoms. The Hall–Kier alpha value is -0.610. The maximum Gasteiger partial charge on any atom is 0.142 e. The Morgan fingerprint density at radius 2 is 2.00 bits per heavy atom. The van der Waals surface area contributed by atoms with Crippen LogP contribution in [0.5, 0.6) is 0 Å². The highest BCUT2D eigenvalue weighted by Crippen LogP contribution is 1.67. The molecule has 0 aromatic carbocycles. The van der Waals surface area contributed by atoms with Gasteiger partial charge < -0.3 is 0 Å². The highest BCUT2D eigenvalue weighted by Gasteiger charge is 1.83. The molecule has 4 nitrogen and oxygen atoms in total. The molecule has 0 saturated heterocycles. The number of nitrogens with two attached hydrogens (primary N) is 2. The van der Waals surface area contributed by atoms with Gasteiger partial charge in [0.1, 0.15) is 6.29 Å². The highest BCUT2D eigenvalue weighted by molar-refractivity contribution is 5.78. The highest BCUT2D eigenvalue weighted by atomic mass is 15.4. The van der Waals surface area contributed by atoms with Crippen molar-refractivity contribution in [3.8, 4) is 0 Å². The van der Waals surface area contributed by atoms with E-state index >= 15 is 0 Å². The van der Waals surface area contributed by atoms with Gasteiger partial charge in [0.2, 0.25) is 0 Å². The van der Waals surface area contributed by atoms with E-state index in [1.807, 2.05) is 13.8 Å². The van der Waals surface area contributed by atoms with Crippen molar-refractivity contribution >= 4 is 5.71 Å². The lowest BCUT2D eigenvalue weighted by atomic mass is 10.5. The van der Waals surface area contributed by atoms with Gasteiger partial charge in [-0.2, -0.15) is 5.10 Å². The zero-order valence-corrected chi connectivity index (χ0v) is 5.18. The van der Waals surface area contributed by atoms with Crippen LogP contribution in [0.1, 0.15) is 13.8 Å². The fraction of sp³-hybridized carbons (Fsp3) is 0.750. The van der Waals surface area contributed by atoms with Crippen molar-refractivity contribution in [1.82, 2.24) is 5.43 Å². The van der Waals surface area contributed by atoms with Crippen LogP contribution in [-0.2, 0) is 0 Å². The fourth-order valence-electron chi connectivity index (χ4n) is 0.204. The second-order valence-corrected chi connectivity index (χ2v) is 1.71. The summed E-state index contributed by atoms with van der Waals surface area (Å²) in [5.74, 6) is 0. The average molecular weight is 116 g/mol. The minimum Gasteiger partial charge on any atom is -0.298 e. The maximum atomic E-state index is 5.10. The van der Waals surface area contributed by atoms with Gasteiger partial charge in [0, 0.05) is 5.71 Å². The van der Waals surface area contributed by atoms with Gasteiger partial charge in [-0.25, -0.2) is 0 Å². The first-order valence-corrected chi connectivity index (χ1v) is 2.40. The zero-order valence-electron chi connectivity index (χ0n) is 5.18. The summed E-state index contributed by atoms with van der Waals surface area (Å²) in [4.78, 5) is 0. The van der Waals surface area contributed by atoms with Crippen LogP contribution >= 0.6 is 0 Å². The van der Waals surface area contributed by atoms with Crippen molar-refractivity contribution in [2.24, 2.45) is 16.6 Å². The molecule has 0 bridgehead atoms. The Balaban J connectivity index is 3.29. The number of nitrogens with zero attached hydrogens (tertiary/aromatic N) is 1. The summed E-state index contributed by atoms with van der Waals surface area (Å²) in [7, 11) is 0.